The van der Waals surface area contributed by atoms with Gasteiger partial charge in [-0.15, -0.1) is 11.3 Å². The monoisotopic (exact) mass is 261 g/mol. The molecule has 0 aliphatic rings. The zero-order valence-corrected chi connectivity index (χ0v) is 11.9. The topological polar surface area (TPSA) is 28.2 Å². The van der Waals surface area contributed by atoms with E-state index in [1.165, 1.54) is 16.1 Å². The predicted octanol–water partition coefficient (Wildman–Crippen LogP) is 2.81. The maximum atomic E-state index is 4.33. The molecule has 96 valence electrons. The maximum absolute atomic E-state index is 4.33. The van der Waals surface area contributed by atoms with Crippen LogP contribution in [0.5, 0.6) is 0 Å². The van der Waals surface area contributed by atoms with Gasteiger partial charge in [0.15, 0.2) is 0 Å². The summed E-state index contributed by atoms with van der Waals surface area (Å²) in [5, 5.41) is 4.56. The van der Waals surface area contributed by atoms with Gasteiger partial charge in [0.1, 0.15) is 5.01 Å². The SMILES string of the molecule is Cc1cnc(CNCc2ccc(N(C)C)cc2)s1. The fraction of sp³-hybridized carbons (Fsp3) is 0.357. The summed E-state index contributed by atoms with van der Waals surface area (Å²) in [5.74, 6) is 0. The Morgan fingerprint density at radius 1 is 1.17 bits per heavy atom. The van der Waals surface area contributed by atoms with Crippen molar-refractivity contribution in [1.82, 2.24) is 10.3 Å². The number of benzene rings is 1. The lowest BCUT2D eigenvalue weighted by Crippen LogP contribution is -2.13. The smallest absolute Gasteiger partial charge is 0.107 e. The van der Waals surface area contributed by atoms with Crippen molar-refractivity contribution < 1.29 is 0 Å². The van der Waals surface area contributed by atoms with E-state index in [4.69, 9.17) is 0 Å². The molecule has 18 heavy (non-hydrogen) atoms. The van der Waals surface area contributed by atoms with E-state index in [0.717, 1.165) is 18.1 Å². The Morgan fingerprint density at radius 3 is 2.44 bits per heavy atom. The molecular weight excluding hydrogens is 242 g/mol. The Kier molecular flexibility index (Phi) is 4.33. The fourth-order valence-corrected chi connectivity index (χ4v) is 2.47. The third kappa shape index (κ3) is 3.55. The molecule has 0 unspecified atom stereocenters. The van der Waals surface area contributed by atoms with Gasteiger partial charge in [-0.2, -0.15) is 0 Å². The van der Waals surface area contributed by atoms with E-state index in [1.807, 2.05) is 6.20 Å². The van der Waals surface area contributed by atoms with Gasteiger partial charge in [-0.1, -0.05) is 12.1 Å². The first-order valence-corrected chi connectivity index (χ1v) is 6.85. The Hall–Kier alpha value is -1.39. The van der Waals surface area contributed by atoms with Gasteiger partial charge >= 0.3 is 0 Å². The van der Waals surface area contributed by atoms with E-state index in [2.05, 4.69) is 60.5 Å². The second kappa shape index (κ2) is 5.98. The van der Waals surface area contributed by atoms with E-state index in [-0.39, 0.29) is 0 Å². The number of thiazole rings is 1. The number of rotatable bonds is 5. The van der Waals surface area contributed by atoms with Gasteiger partial charge in [-0.3, -0.25) is 0 Å². The van der Waals surface area contributed by atoms with Gasteiger partial charge in [0.2, 0.25) is 0 Å². The van der Waals surface area contributed by atoms with Gasteiger partial charge in [0.25, 0.3) is 0 Å². The minimum absolute atomic E-state index is 0.841. The summed E-state index contributed by atoms with van der Waals surface area (Å²) in [7, 11) is 4.11. The Labute approximate surface area is 112 Å². The number of aryl methyl sites for hydroxylation is 1. The van der Waals surface area contributed by atoms with Crippen molar-refractivity contribution in [2.24, 2.45) is 0 Å². The van der Waals surface area contributed by atoms with E-state index in [9.17, 15) is 0 Å². The van der Waals surface area contributed by atoms with Crippen LogP contribution in [0.1, 0.15) is 15.4 Å². The summed E-state index contributed by atoms with van der Waals surface area (Å²) in [6.45, 7) is 3.81. The first-order chi connectivity index (χ1) is 8.65. The van der Waals surface area contributed by atoms with Crippen molar-refractivity contribution in [2.45, 2.75) is 20.0 Å². The number of hydrogen-bond donors (Lipinski definition) is 1. The zero-order chi connectivity index (χ0) is 13.0. The Bertz CT molecular complexity index is 488. The molecule has 0 amide bonds. The number of aromatic nitrogens is 1. The van der Waals surface area contributed by atoms with Gasteiger partial charge < -0.3 is 10.2 Å². The third-order valence-corrected chi connectivity index (χ3v) is 3.64. The van der Waals surface area contributed by atoms with Gasteiger partial charge in [0, 0.05) is 43.9 Å². The van der Waals surface area contributed by atoms with Crippen molar-refractivity contribution in [3.63, 3.8) is 0 Å². The highest BCUT2D eigenvalue weighted by Crippen LogP contribution is 2.13. The lowest BCUT2D eigenvalue weighted by molar-refractivity contribution is 0.690. The molecule has 0 radical (unpaired) electrons. The van der Waals surface area contributed by atoms with Gasteiger partial charge in [-0.05, 0) is 24.6 Å². The van der Waals surface area contributed by atoms with Crippen molar-refractivity contribution in [3.05, 3.63) is 45.9 Å². The van der Waals surface area contributed by atoms with Crippen molar-refractivity contribution in [3.8, 4) is 0 Å². The molecule has 2 rings (SSSR count). The van der Waals surface area contributed by atoms with Crippen molar-refractivity contribution in [2.75, 3.05) is 19.0 Å². The average molecular weight is 261 g/mol. The van der Waals surface area contributed by atoms with Crippen LogP contribution in [0, 0.1) is 6.92 Å². The van der Waals surface area contributed by atoms with Crippen LogP contribution < -0.4 is 10.2 Å². The highest BCUT2D eigenvalue weighted by molar-refractivity contribution is 7.11. The Morgan fingerprint density at radius 2 is 1.89 bits per heavy atom. The summed E-state index contributed by atoms with van der Waals surface area (Å²) in [6, 6.07) is 8.61. The summed E-state index contributed by atoms with van der Waals surface area (Å²) < 4.78 is 0. The second-order valence-electron chi connectivity index (χ2n) is 4.53. The van der Waals surface area contributed by atoms with Crippen LogP contribution in [-0.4, -0.2) is 19.1 Å². The largest absolute Gasteiger partial charge is 0.378 e. The first-order valence-electron chi connectivity index (χ1n) is 6.03. The molecule has 1 aromatic heterocycles. The quantitative estimate of drug-likeness (QED) is 0.897. The second-order valence-corrected chi connectivity index (χ2v) is 5.85. The highest BCUT2D eigenvalue weighted by Gasteiger charge is 1.99. The molecule has 0 fully saturated rings. The summed E-state index contributed by atoms with van der Waals surface area (Å²) in [6.07, 6.45) is 1.92. The molecule has 3 nitrogen and oxygen atoms in total. The molecule has 1 N–H and O–H groups in total. The van der Waals surface area contributed by atoms with Crippen molar-refractivity contribution >= 4 is 17.0 Å². The summed E-state index contributed by atoms with van der Waals surface area (Å²) in [5.41, 5.74) is 2.53. The average Bonchev–Trinajstić information content (AvgIpc) is 2.76. The van der Waals surface area contributed by atoms with Crippen LogP contribution >= 0.6 is 11.3 Å². The van der Waals surface area contributed by atoms with E-state index in [1.54, 1.807) is 11.3 Å². The van der Waals surface area contributed by atoms with Crippen LogP contribution in [0.3, 0.4) is 0 Å². The molecule has 1 heterocycles. The lowest BCUT2D eigenvalue weighted by Gasteiger charge is -2.12. The standard InChI is InChI=1S/C14H19N3S/c1-11-8-16-14(18-11)10-15-9-12-4-6-13(7-5-12)17(2)3/h4-8,15H,9-10H2,1-3H3. The normalized spacial score (nSPS) is 10.6. The number of nitrogens with one attached hydrogen (secondary N) is 1. The lowest BCUT2D eigenvalue weighted by atomic mass is 10.2. The third-order valence-electron chi connectivity index (χ3n) is 2.73. The molecule has 1 aromatic carbocycles. The minimum atomic E-state index is 0.841. The fourth-order valence-electron chi connectivity index (χ4n) is 1.71. The zero-order valence-electron chi connectivity index (χ0n) is 11.1. The molecular formula is C14H19N3S. The summed E-state index contributed by atoms with van der Waals surface area (Å²) in [4.78, 5) is 7.71. The van der Waals surface area contributed by atoms with Crippen LogP contribution in [0.4, 0.5) is 5.69 Å². The van der Waals surface area contributed by atoms with Crippen LogP contribution in [0.25, 0.3) is 0 Å². The predicted molar refractivity (Wildman–Crippen MR) is 78.2 cm³/mol. The Balaban J connectivity index is 1.83. The molecule has 0 saturated carbocycles. The first kappa shape index (κ1) is 13.1. The molecule has 2 aromatic rings. The van der Waals surface area contributed by atoms with Gasteiger partial charge in [-0.25, -0.2) is 4.98 Å². The molecule has 0 atom stereocenters. The molecule has 0 saturated heterocycles. The van der Waals surface area contributed by atoms with Crippen molar-refractivity contribution in [1.29, 1.82) is 0 Å². The minimum Gasteiger partial charge on any atom is -0.378 e. The number of anilines is 1. The molecule has 0 aliphatic heterocycles. The summed E-state index contributed by atoms with van der Waals surface area (Å²) >= 11 is 1.75. The molecule has 4 heteroatoms. The van der Waals surface area contributed by atoms with Crippen LogP contribution in [0.2, 0.25) is 0 Å². The van der Waals surface area contributed by atoms with E-state index >= 15 is 0 Å². The van der Waals surface area contributed by atoms with E-state index in [0.29, 0.717) is 0 Å². The maximum Gasteiger partial charge on any atom is 0.107 e. The molecule has 0 aliphatic carbocycles. The number of hydrogen-bond acceptors (Lipinski definition) is 4. The number of nitrogens with zero attached hydrogens (tertiary/aromatic N) is 2. The molecule has 0 spiro atoms. The molecule has 0 bridgehead atoms. The van der Waals surface area contributed by atoms with Gasteiger partial charge in [0.05, 0.1) is 0 Å². The van der Waals surface area contributed by atoms with E-state index < -0.39 is 0 Å². The van der Waals surface area contributed by atoms with Crippen LogP contribution in [0.15, 0.2) is 30.5 Å². The highest BCUT2D eigenvalue weighted by atomic mass is 32.1. The van der Waals surface area contributed by atoms with Crippen LogP contribution in [-0.2, 0) is 13.1 Å².